The number of amides is 1. The van der Waals surface area contributed by atoms with E-state index in [-0.39, 0.29) is 5.91 Å². The summed E-state index contributed by atoms with van der Waals surface area (Å²) in [4.78, 5) is 13.7. The molecule has 2 aromatic carbocycles. The molecule has 7 nitrogen and oxygen atoms in total. The van der Waals surface area contributed by atoms with Crippen molar-refractivity contribution in [2.45, 2.75) is 6.54 Å². The van der Waals surface area contributed by atoms with Gasteiger partial charge in [-0.2, -0.15) is 21.2 Å². The quantitative estimate of drug-likeness (QED) is 0.406. The maximum absolute atomic E-state index is 12.1. The van der Waals surface area contributed by atoms with E-state index < -0.39 is 0 Å². The fourth-order valence-corrected chi connectivity index (χ4v) is 3.13. The Morgan fingerprint density at radius 2 is 1.93 bits per heavy atom. The number of nitrogens with one attached hydrogen (secondary N) is 1. The molecule has 0 fully saturated rings. The molecular formula is C20H16N6OS. The third kappa shape index (κ3) is 4.36. The number of tetrazole rings is 1. The lowest BCUT2D eigenvalue weighted by Crippen LogP contribution is -2.17. The zero-order chi connectivity index (χ0) is 19.2. The number of thiophene rings is 1. The first kappa shape index (κ1) is 17.7. The van der Waals surface area contributed by atoms with Gasteiger partial charge in [0.1, 0.15) is 0 Å². The number of hydrogen-bond acceptors (Lipinski definition) is 6. The van der Waals surface area contributed by atoms with E-state index in [9.17, 15) is 4.79 Å². The fourth-order valence-electron chi connectivity index (χ4n) is 2.52. The Hall–Kier alpha value is -3.65. The minimum atomic E-state index is -0.261. The van der Waals surface area contributed by atoms with Crippen molar-refractivity contribution in [3.05, 3.63) is 88.1 Å². The van der Waals surface area contributed by atoms with Gasteiger partial charge < -0.3 is 0 Å². The van der Waals surface area contributed by atoms with Gasteiger partial charge in [0, 0.05) is 16.7 Å². The van der Waals surface area contributed by atoms with E-state index in [0.717, 1.165) is 16.7 Å². The third-order valence-electron chi connectivity index (χ3n) is 3.95. The summed E-state index contributed by atoms with van der Waals surface area (Å²) in [6.45, 7) is 0.470. The van der Waals surface area contributed by atoms with Crippen LogP contribution in [-0.2, 0) is 6.54 Å². The summed E-state index contributed by atoms with van der Waals surface area (Å²) in [5.41, 5.74) is 5.90. The Morgan fingerprint density at radius 3 is 2.68 bits per heavy atom. The van der Waals surface area contributed by atoms with E-state index >= 15 is 0 Å². The van der Waals surface area contributed by atoms with Crippen LogP contribution in [0, 0.1) is 0 Å². The highest BCUT2D eigenvalue weighted by atomic mass is 32.1. The summed E-state index contributed by atoms with van der Waals surface area (Å²) in [6.07, 6.45) is 1.61. The van der Waals surface area contributed by atoms with Crippen LogP contribution in [0.2, 0.25) is 0 Å². The molecule has 4 rings (SSSR count). The number of aromatic nitrogens is 4. The highest BCUT2D eigenvalue weighted by Gasteiger charge is 2.07. The zero-order valence-corrected chi connectivity index (χ0v) is 15.6. The molecular weight excluding hydrogens is 372 g/mol. The minimum absolute atomic E-state index is 0.261. The van der Waals surface area contributed by atoms with E-state index in [4.69, 9.17) is 0 Å². The van der Waals surface area contributed by atoms with Gasteiger partial charge in [0.2, 0.25) is 5.82 Å². The normalized spacial score (nSPS) is 11.0. The highest BCUT2D eigenvalue weighted by Crippen LogP contribution is 2.12. The molecule has 0 aliphatic rings. The van der Waals surface area contributed by atoms with Gasteiger partial charge in [0.15, 0.2) is 0 Å². The van der Waals surface area contributed by atoms with Crippen molar-refractivity contribution in [2.24, 2.45) is 5.10 Å². The predicted molar refractivity (Wildman–Crippen MR) is 108 cm³/mol. The van der Waals surface area contributed by atoms with Crippen LogP contribution in [0.15, 0.2) is 76.5 Å². The van der Waals surface area contributed by atoms with Gasteiger partial charge >= 0.3 is 0 Å². The number of hydrogen-bond donors (Lipinski definition) is 1. The molecule has 2 heterocycles. The van der Waals surface area contributed by atoms with E-state index in [2.05, 4.69) is 25.9 Å². The first-order chi connectivity index (χ1) is 13.8. The van der Waals surface area contributed by atoms with Crippen LogP contribution in [0.5, 0.6) is 0 Å². The maximum Gasteiger partial charge on any atom is 0.271 e. The van der Waals surface area contributed by atoms with Gasteiger partial charge in [0.05, 0.1) is 12.8 Å². The second-order valence-electron chi connectivity index (χ2n) is 5.96. The lowest BCUT2D eigenvalue weighted by Gasteiger charge is -2.03. The van der Waals surface area contributed by atoms with Crippen molar-refractivity contribution < 1.29 is 4.79 Å². The summed E-state index contributed by atoms with van der Waals surface area (Å²) in [5.74, 6) is 0.323. The summed E-state index contributed by atoms with van der Waals surface area (Å²) in [7, 11) is 0. The van der Waals surface area contributed by atoms with Crippen molar-refractivity contribution in [1.29, 1.82) is 0 Å². The number of rotatable bonds is 6. The lowest BCUT2D eigenvalue weighted by molar-refractivity contribution is 0.0955. The maximum atomic E-state index is 12.1. The topological polar surface area (TPSA) is 85.1 Å². The molecule has 4 aromatic rings. The van der Waals surface area contributed by atoms with Crippen molar-refractivity contribution >= 4 is 23.5 Å². The minimum Gasteiger partial charge on any atom is -0.267 e. The largest absolute Gasteiger partial charge is 0.271 e. The lowest BCUT2D eigenvalue weighted by atomic mass is 10.1. The van der Waals surface area contributed by atoms with E-state index in [1.165, 1.54) is 4.80 Å². The molecule has 0 saturated carbocycles. The molecule has 28 heavy (non-hydrogen) atoms. The molecule has 138 valence electrons. The number of carbonyl (C=O) groups excluding carboxylic acids is 1. The van der Waals surface area contributed by atoms with Crippen LogP contribution >= 0.6 is 11.3 Å². The smallest absolute Gasteiger partial charge is 0.267 e. The molecule has 1 amide bonds. The number of benzene rings is 2. The number of carbonyl (C=O) groups is 1. The number of hydrazone groups is 1. The average Bonchev–Trinajstić information content (AvgIpc) is 3.41. The molecule has 8 heteroatoms. The highest BCUT2D eigenvalue weighted by molar-refractivity contribution is 7.08. The van der Waals surface area contributed by atoms with Gasteiger partial charge in [0.25, 0.3) is 5.91 Å². The SMILES string of the molecule is O=C(N/N=C/c1ccsc1)c1ccc(Cn2nnc(-c3ccccc3)n2)cc1. The van der Waals surface area contributed by atoms with Gasteiger partial charge in [-0.3, -0.25) is 4.79 Å². The van der Waals surface area contributed by atoms with Crippen LogP contribution in [-0.4, -0.2) is 32.3 Å². The summed E-state index contributed by atoms with van der Waals surface area (Å²) < 4.78 is 0. The van der Waals surface area contributed by atoms with E-state index in [1.807, 2.05) is 59.3 Å². The van der Waals surface area contributed by atoms with Gasteiger partial charge in [-0.25, -0.2) is 5.43 Å². The van der Waals surface area contributed by atoms with Crippen LogP contribution in [0.1, 0.15) is 21.5 Å². The van der Waals surface area contributed by atoms with E-state index in [0.29, 0.717) is 17.9 Å². The van der Waals surface area contributed by atoms with Crippen LogP contribution < -0.4 is 5.43 Å². The third-order valence-corrected chi connectivity index (χ3v) is 4.65. The second-order valence-corrected chi connectivity index (χ2v) is 6.74. The van der Waals surface area contributed by atoms with Crippen LogP contribution in [0.4, 0.5) is 0 Å². The molecule has 0 aliphatic carbocycles. The molecule has 0 aliphatic heterocycles. The summed E-state index contributed by atoms with van der Waals surface area (Å²) >= 11 is 1.58. The number of nitrogens with zero attached hydrogens (tertiary/aromatic N) is 5. The van der Waals surface area contributed by atoms with Gasteiger partial charge in [-0.1, -0.05) is 42.5 Å². The molecule has 0 unspecified atom stereocenters. The van der Waals surface area contributed by atoms with Crippen molar-refractivity contribution in [3.8, 4) is 11.4 Å². The zero-order valence-electron chi connectivity index (χ0n) is 14.8. The van der Waals surface area contributed by atoms with Crippen LogP contribution in [0.25, 0.3) is 11.4 Å². The molecule has 0 radical (unpaired) electrons. The first-order valence-electron chi connectivity index (χ1n) is 8.56. The monoisotopic (exact) mass is 388 g/mol. The second kappa shape index (κ2) is 8.36. The summed E-state index contributed by atoms with van der Waals surface area (Å²) in [6, 6.07) is 18.8. The Morgan fingerprint density at radius 1 is 1.11 bits per heavy atom. The van der Waals surface area contributed by atoms with Crippen LogP contribution in [0.3, 0.4) is 0 Å². The fraction of sp³-hybridized carbons (Fsp3) is 0.0500. The van der Waals surface area contributed by atoms with Crippen molar-refractivity contribution in [2.75, 3.05) is 0 Å². The Balaban J connectivity index is 1.37. The molecule has 2 aromatic heterocycles. The first-order valence-corrected chi connectivity index (χ1v) is 9.50. The van der Waals surface area contributed by atoms with Gasteiger partial charge in [-0.05, 0) is 39.7 Å². The van der Waals surface area contributed by atoms with E-state index in [1.54, 1.807) is 29.7 Å². The van der Waals surface area contributed by atoms with Crippen molar-refractivity contribution in [1.82, 2.24) is 25.6 Å². The summed E-state index contributed by atoms with van der Waals surface area (Å²) in [5, 5.41) is 20.4. The average molecular weight is 388 g/mol. The Kier molecular flexibility index (Phi) is 5.30. The molecule has 0 bridgehead atoms. The molecule has 0 spiro atoms. The Bertz CT molecular complexity index is 1070. The standard InChI is InChI=1S/C20H16N6OS/c27-20(23-21-12-16-10-11-28-14-16)18-8-6-15(7-9-18)13-26-24-19(22-25-26)17-4-2-1-3-5-17/h1-12,14H,13H2,(H,23,27)/b21-12+. The molecule has 0 saturated heterocycles. The predicted octanol–water partition coefficient (Wildman–Crippen LogP) is 3.21. The van der Waals surface area contributed by atoms with Crippen molar-refractivity contribution in [3.63, 3.8) is 0 Å². The Labute approximate surface area is 165 Å². The van der Waals surface area contributed by atoms with Gasteiger partial charge in [-0.15, -0.1) is 10.2 Å². The molecule has 1 N–H and O–H groups in total. The molecule has 0 atom stereocenters.